The first-order valence-electron chi connectivity index (χ1n) is 6.56. The summed E-state index contributed by atoms with van der Waals surface area (Å²) in [5, 5.41) is 3.74. The minimum absolute atomic E-state index is 0.310. The van der Waals surface area contributed by atoms with E-state index < -0.39 is 11.6 Å². The summed E-state index contributed by atoms with van der Waals surface area (Å²) >= 11 is 6.20. The molecule has 2 aromatic carbocycles. The summed E-state index contributed by atoms with van der Waals surface area (Å²) < 4.78 is 26.7. The van der Waals surface area contributed by atoms with E-state index in [0.717, 1.165) is 31.1 Å². The van der Waals surface area contributed by atoms with Crippen LogP contribution in [0.15, 0.2) is 36.4 Å². The molecular weight excluding hydrogens is 280 g/mol. The molecule has 0 heterocycles. The maximum atomic E-state index is 13.8. The first kappa shape index (κ1) is 14.9. The smallest absolute Gasteiger partial charge is 0.133 e. The number of benzene rings is 2. The van der Waals surface area contributed by atoms with Gasteiger partial charge in [-0.3, -0.25) is 0 Å². The molecule has 0 aliphatic rings. The standard InChI is InChI=1S/C16H16ClF2N/c1-2-7-20-10-11-3-5-13(15(17)8-11)14-6-4-12(18)9-16(14)19/h3-6,8-9,20H,2,7,10H2,1H3. The first-order valence-corrected chi connectivity index (χ1v) is 6.94. The van der Waals surface area contributed by atoms with Crippen LogP contribution in [0.3, 0.4) is 0 Å². The maximum absolute atomic E-state index is 13.8. The lowest BCUT2D eigenvalue weighted by atomic mass is 10.0. The molecule has 0 bridgehead atoms. The van der Waals surface area contributed by atoms with Crippen molar-refractivity contribution in [1.29, 1.82) is 0 Å². The van der Waals surface area contributed by atoms with E-state index in [1.807, 2.05) is 12.1 Å². The van der Waals surface area contributed by atoms with E-state index in [1.54, 1.807) is 6.07 Å². The summed E-state index contributed by atoms with van der Waals surface area (Å²) in [5.74, 6) is -1.20. The van der Waals surface area contributed by atoms with Crippen molar-refractivity contribution in [2.24, 2.45) is 0 Å². The van der Waals surface area contributed by atoms with E-state index in [2.05, 4.69) is 12.2 Å². The maximum Gasteiger partial charge on any atom is 0.133 e. The molecule has 0 spiro atoms. The molecule has 4 heteroatoms. The molecular formula is C16H16ClF2N. The topological polar surface area (TPSA) is 12.0 Å². The highest BCUT2D eigenvalue weighted by molar-refractivity contribution is 6.33. The van der Waals surface area contributed by atoms with Gasteiger partial charge in [0.2, 0.25) is 0 Å². The highest BCUT2D eigenvalue weighted by atomic mass is 35.5. The van der Waals surface area contributed by atoms with Gasteiger partial charge in [0.1, 0.15) is 11.6 Å². The van der Waals surface area contributed by atoms with Gasteiger partial charge in [-0.2, -0.15) is 0 Å². The van der Waals surface area contributed by atoms with Crippen molar-refractivity contribution in [2.45, 2.75) is 19.9 Å². The van der Waals surface area contributed by atoms with Crippen LogP contribution in [-0.4, -0.2) is 6.54 Å². The Morgan fingerprint density at radius 2 is 1.80 bits per heavy atom. The lowest BCUT2D eigenvalue weighted by Gasteiger charge is -2.09. The predicted octanol–water partition coefficient (Wildman–Crippen LogP) is 4.78. The summed E-state index contributed by atoms with van der Waals surface area (Å²) in [6.45, 7) is 3.76. The summed E-state index contributed by atoms with van der Waals surface area (Å²) in [6.07, 6.45) is 1.06. The third-order valence-electron chi connectivity index (χ3n) is 3.01. The van der Waals surface area contributed by atoms with E-state index in [1.165, 1.54) is 12.1 Å². The Hall–Kier alpha value is -1.45. The summed E-state index contributed by atoms with van der Waals surface area (Å²) in [5.41, 5.74) is 1.92. The van der Waals surface area contributed by atoms with Gasteiger partial charge in [0.25, 0.3) is 0 Å². The van der Waals surface area contributed by atoms with E-state index >= 15 is 0 Å². The van der Waals surface area contributed by atoms with Crippen LogP contribution >= 0.6 is 11.6 Å². The zero-order valence-electron chi connectivity index (χ0n) is 11.2. The van der Waals surface area contributed by atoms with Crippen LogP contribution in [0.5, 0.6) is 0 Å². The number of rotatable bonds is 5. The summed E-state index contributed by atoms with van der Waals surface area (Å²) in [7, 11) is 0. The third-order valence-corrected chi connectivity index (χ3v) is 3.32. The zero-order valence-corrected chi connectivity index (χ0v) is 12.0. The number of nitrogens with one attached hydrogen (secondary N) is 1. The second-order valence-corrected chi connectivity index (χ2v) is 5.02. The normalized spacial score (nSPS) is 10.8. The molecule has 0 atom stereocenters. The molecule has 0 aliphatic carbocycles. The van der Waals surface area contributed by atoms with Crippen LogP contribution in [0.25, 0.3) is 11.1 Å². The molecule has 106 valence electrons. The second-order valence-electron chi connectivity index (χ2n) is 4.62. The van der Waals surface area contributed by atoms with Gasteiger partial charge >= 0.3 is 0 Å². The van der Waals surface area contributed by atoms with Crippen molar-refractivity contribution in [3.05, 3.63) is 58.6 Å². The molecule has 2 rings (SSSR count). The molecule has 0 aliphatic heterocycles. The Morgan fingerprint density at radius 1 is 1.05 bits per heavy atom. The minimum Gasteiger partial charge on any atom is -0.313 e. The number of hydrogen-bond donors (Lipinski definition) is 1. The molecule has 0 aromatic heterocycles. The minimum atomic E-state index is -0.608. The van der Waals surface area contributed by atoms with E-state index in [9.17, 15) is 8.78 Å². The Morgan fingerprint density at radius 3 is 2.45 bits per heavy atom. The van der Waals surface area contributed by atoms with Crippen molar-refractivity contribution in [3.8, 4) is 11.1 Å². The van der Waals surface area contributed by atoms with Crippen LogP contribution in [0.2, 0.25) is 5.02 Å². The van der Waals surface area contributed by atoms with Gasteiger partial charge in [0, 0.05) is 28.8 Å². The second kappa shape index (κ2) is 6.82. The molecule has 0 amide bonds. The summed E-state index contributed by atoms with van der Waals surface area (Å²) in [4.78, 5) is 0. The average Bonchev–Trinajstić information content (AvgIpc) is 2.40. The first-order chi connectivity index (χ1) is 9.61. The number of halogens is 3. The quantitative estimate of drug-likeness (QED) is 0.782. The van der Waals surface area contributed by atoms with Crippen LogP contribution in [0, 0.1) is 11.6 Å². The predicted molar refractivity (Wildman–Crippen MR) is 78.8 cm³/mol. The van der Waals surface area contributed by atoms with Gasteiger partial charge in [-0.05, 0) is 36.7 Å². The molecule has 0 saturated heterocycles. The zero-order chi connectivity index (χ0) is 14.5. The van der Waals surface area contributed by atoms with Crippen molar-refractivity contribution < 1.29 is 8.78 Å². The van der Waals surface area contributed by atoms with E-state index in [0.29, 0.717) is 16.1 Å². The molecule has 0 radical (unpaired) electrons. The Kier molecular flexibility index (Phi) is 5.10. The van der Waals surface area contributed by atoms with Gasteiger partial charge in [0.05, 0.1) is 0 Å². The van der Waals surface area contributed by atoms with Crippen molar-refractivity contribution in [3.63, 3.8) is 0 Å². The molecule has 1 nitrogen and oxygen atoms in total. The highest BCUT2D eigenvalue weighted by Crippen LogP contribution is 2.31. The van der Waals surface area contributed by atoms with Crippen LogP contribution < -0.4 is 5.32 Å². The third kappa shape index (κ3) is 3.56. The Balaban J connectivity index is 2.25. The lowest BCUT2D eigenvalue weighted by molar-refractivity contribution is 0.585. The van der Waals surface area contributed by atoms with E-state index in [4.69, 9.17) is 11.6 Å². The van der Waals surface area contributed by atoms with Gasteiger partial charge in [-0.15, -0.1) is 0 Å². The summed E-state index contributed by atoms with van der Waals surface area (Å²) in [6, 6.07) is 8.96. The van der Waals surface area contributed by atoms with Crippen LogP contribution in [-0.2, 0) is 6.54 Å². The van der Waals surface area contributed by atoms with Crippen LogP contribution in [0.4, 0.5) is 8.78 Å². The van der Waals surface area contributed by atoms with Gasteiger partial charge in [-0.25, -0.2) is 8.78 Å². The van der Waals surface area contributed by atoms with Crippen molar-refractivity contribution >= 4 is 11.6 Å². The monoisotopic (exact) mass is 295 g/mol. The molecule has 1 N–H and O–H groups in total. The van der Waals surface area contributed by atoms with Gasteiger partial charge in [0.15, 0.2) is 0 Å². The molecule has 0 fully saturated rings. The Bertz CT molecular complexity index is 599. The van der Waals surface area contributed by atoms with Crippen molar-refractivity contribution in [1.82, 2.24) is 5.32 Å². The largest absolute Gasteiger partial charge is 0.313 e. The highest BCUT2D eigenvalue weighted by Gasteiger charge is 2.10. The van der Waals surface area contributed by atoms with Gasteiger partial charge in [-0.1, -0.05) is 30.7 Å². The molecule has 0 saturated carbocycles. The SMILES string of the molecule is CCCNCc1ccc(-c2ccc(F)cc2F)c(Cl)c1. The Labute approximate surface area is 122 Å². The molecule has 0 unspecified atom stereocenters. The van der Waals surface area contributed by atoms with Gasteiger partial charge < -0.3 is 5.32 Å². The average molecular weight is 296 g/mol. The fourth-order valence-corrected chi connectivity index (χ4v) is 2.31. The van der Waals surface area contributed by atoms with Crippen LogP contribution in [0.1, 0.15) is 18.9 Å². The fraction of sp³-hybridized carbons (Fsp3) is 0.250. The fourth-order valence-electron chi connectivity index (χ4n) is 2.00. The lowest BCUT2D eigenvalue weighted by Crippen LogP contribution is -2.13. The molecule has 2 aromatic rings. The molecule has 20 heavy (non-hydrogen) atoms. The van der Waals surface area contributed by atoms with Crippen molar-refractivity contribution in [2.75, 3.05) is 6.54 Å². The number of hydrogen-bond acceptors (Lipinski definition) is 1. The van der Waals surface area contributed by atoms with E-state index in [-0.39, 0.29) is 0 Å².